The van der Waals surface area contributed by atoms with Gasteiger partial charge in [0, 0.05) is 0 Å². The van der Waals surface area contributed by atoms with Crippen LogP contribution in [0.2, 0.25) is 0 Å². The third-order valence-corrected chi connectivity index (χ3v) is 11.0. The van der Waals surface area contributed by atoms with Crippen LogP contribution in [0.5, 0.6) is 0 Å². The lowest BCUT2D eigenvalue weighted by Gasteiger charge is -2.63. The zero-order valence-electron chi connectivity index (χ0n) is 16.4. The Morgan fingerprint density at radius 3 is 2.54 bits per heavy atom. The van der Waals surface area contributed by atoms with Gasteiger partial charge in [-0.2, -0.15) is 5.26 Å². The van der Waals surface area contributed by atoms with E-state index < -0.39 is 0 Å². The Hall–Kier alpha value is -0.120. The molecule has 5 rings (SSSR count). The molecule has 3 heteroatoms. The Kier molecular flexibility index (Phi) is 4.10. The van der Waals surface area contributed by atoms with E-state index in [0.717, 1.165) is 55.3 Å². The average Bonchev–Trinajstić information content (AvgIpc) is 3.00. The van der Waals surface area contributed by atoms with Crippen LogP contribution < -0.4 is 0 Å². The molecule has 0 aromatic rings. The first-order valence-corrected chi connectivity index (χ1v) is 11.9. The fourth-order valence-corrected chi connectivity index (χ4v) is 9.70. The number of fused-ring (bicyclic) bond motifs is 4. The predicted molar refractivity (Wildman–Crippen MR) is 107 cm³/mol. The van der Waals surface area contributed by atoms with Crippen LogP contribution in [0.25, 0.3) is 0 Å². The van der Waals surface area contributed by atoms with Gasteiger partial charge in [-0.3, -0.25) is 0 Å². The normalized spacial score (nSPS) is 58.7. The number of hydrogen-bond acceptors (Lipinski definition) is 2. The van der Waals surface area contributed by atoms with Gasteiger partial charge in [0.05, 0.1) is 17.3 Å². The highest BCUT2D eigenvalue weighted by Crippen LogP contribution is 2.71. The average molecular weight is 374 g/mol. The Morgan fingerprint density at radius 2 is 1.73 bits per heavy atom. The molecule has 0 aromatic heterocycles. The van der Waals surface area contributed by atoms with Crippen molar-refractivity contribution in [1.82, 2.24) is 0 Å². The highest BCUT2D eigenvalue weighted by molar-refractivity contribution is 7.19. The molecule has 26 heavy (non-hydrogen) atoms. The van der Waals surface area contributed by atoms with Gasteiger partial charge in [0.25, 0.3) is 0 Å². The summed E-state index contributed by atoms with van der Waals surface area (Å²) in [5.41, 5.74) is 0.956. The van der Waals surface area contributed by atoms with E-state index in [1.165, 1.54) is 51.4 Å². The highest BCUT2D eigenvalue weighted by atomic mass is 31.0. The molecule has 5 saturated carbocycles. The molecule has 5 aliphatic carbocycles. The largest absolute Gasteiger partial charge is 0.393 e. The maximum Gasteiger partial charge on any atom is 0.0731 e. The first-order valence-electron chi connectivity index (χ1n) is 11.3. The van der Waals surface area contributed by atoms with Gasteiger partial charge in [0.1, 0.15) is 0 Å². The van der Waals surface area contributed by atoms with Gasteiger partial charge in [-0.15, -0.1) is 9.24 Å². The van der Waals surface area contributed by atoms with Crippen LogP contribution >= 0.6 is 9.24 Å². The molecule has 0 aromatic carbocycles. The van der Waals surface area contributed by atoms with E-state index in [4.69, 9.17) is 0 Å². The molecule has 0 radical (unpaired) electrons. The van der Waals surface area contributed by atoms with Crippen molar-refractivity contribution in [2.45, 2.75) is 95.2 Å². The smallest absolute Gasteiger partial charge is 0.0731 e. The first-order chi connectivity index (χ1) is 12.4. The van der Waals surface area contributed by atoms with Gasteiger partial charge in [0.2, 0.25) is 0 Å². The molecule has 1 spiro atoms. The maximum atomic E-state index is 10.2. The van der Waals surface area contributed by atoms with Crippen LogP contribution in [-0.4, -0.2) is 16.4 Å². The molecule has 1 N–H and O–H groups in total. The number of hydrogen-bond donors (Lipinski definition) is 1. The van der Waals surface area contributed by atoms with Crippen LogP contribution in [0.3, 0.4) is 0 Å². The highest BCUT2D eigenvalue weighted by Gasteiger charge is 2.63. The van der Waals surface area contributed by atoms with Crippen molar-refractivity contribution >= 4 is 9.24 Å². The second-order valence-corrected chi connectivity index (χ2v) is 12.2. The van der Waals surface area contributed by atoms with Gasteiger partial charge >= 0.3 is 0 Å². The van der Waals surface area contributed by atoms with Crippen LogP contribution in [-0.2, 0) is 0 Å². The van der Waals surface area contributed by atoms with Crippen LogP contribution in [0.4, 0.5) is 0 Å². The van der Waals surface area contributed by atoms with Crippen molar-refractivity contribution in [3.05, 3.63) is 0 Å². The van der Waals surface area contributed by atoms with E-state index in [1.54, 1.807) is 0 Å². The summed E-state index contributed by atoms with van der Waals surface area (Å²) in [5, 5.41) is 19.9. The summed E-state index contributed by atoms with van der Waals surface area (Å²) in [6.45, 7) is 2.58. The van der Waals surface area contributed by atoms with Crippen molar-refractivity contribution in [1.29, 1.82) is 5.26 Å². The topological polar surface area (TPSA) is 44.0 Å². The van der Waals surface area contributed by atoms with E-state index >= 15 is 0 Å². The number of rotatable bonds is 0. The summed E-state index contributed by atoms with van der Waals surface area (Å²) in [5.74, 6) is 4.31. The Bertz CT molecular complexity index is 630. The van der Waals surface area contributed by atoms with Crippen molar-refractivity contribution < 1.29 is 5.11 Å². The molecule has 0 saturated heterocycles. The van der Waals surface area contributed by atoms with Crippen molar-refractivity contribution in [3.63, 3.8) is 0 Å². The summed E-state index contributed by atoms with van der Waals surface area (Å²) in [7, 11) is 2.97. The fourth-order valence-electron chi connectivity index (χ4n) is 9.15. The molecular weight excluding hydrogens is 337 g/mol. The quantitative estimate of drug-likeness (QED) is 0.585. The summed E-state index contributed by atoms with van der Waals surface area (Å²) < 4.78 is 0. The molecule has 10 atom stereocenters. The van der Waals surface area contributed by atoms with Crippen LogP contribution in [0, 0.1) is 51.8 Å². The summed E-state index contributed by atoms with van der Waals surface area (Å²) in [6.07, 6.45) is 15.2. The zero-order valence-corrected chi connectivity index (χ0v) is 17.6. The fraction of sp³-hybridized carbons (Fsp3) is 0.957. The lowest BCUT2D eigenvalue weighted by Crippen LogP contribution is -2.56. The third kappa shape index (κ3) is 2.35. The lowest BCUT2D eigenvalue weighted by molar-refractivity contribution is -0.137. The van der Waals surface area contributed by atoms with Gasteiger partial charge in [-0.25, -0.2) is 0 Å². The Balaban J connectivity index is 1.46. The maximum absolute atomic E-state index is 10.2. The molecule has 5 aliphatic rings. The van der Waals surface area contributed by atoms with Crippen LogP contribution in [0.15, 0.2) is 0 Å². The third-order valence-electron chi connectivity index (χ3n) is 10.3. The first kappa shape index (κ1) is 17.9. The molecule has 5 unspecified atom stereocenters. The zero-order chi connectivity index (χ0) is 18.2. The van der Waals surface area contributed by atoms with Crippen molar-refractivity contribution in [3.8, 4) is 6.07 Å². The second-order valence-electron chi connectivity index (χ2n) is 11.1. The minimum Gasteiger partial charge on any atom is -0.393 e. The SMILES string of the molecule is C[C@]12CC[C@@H](O)C[C@@H]1CCC1C3CC[C@@H]4CCC(P)(C#N)C[C@]34CCC12. The van der Waals surface area contributed by atoms with Crippen molar-refractivity contribution in [2.75, 3.05) is 0 Å². The monoisotopic (exact) mass is 373 g/mol. The van der Waals surface area contributed by atoms with Gasteiger partial charge in [0.15, 0.2) is 0 Å². The van der Waals surface area contributed by atoms with Crippen molar-refractivity contribution in [2.24, 2.45) is 40.4 Å². The van der Waals surface area contributed by atoms with Gasteiger partial charge < -0.3 is 5.11 Å². The Morgan fingerprint density at radius 1 is 0.923 bits per heavy atom. The molecule has 0 bridgehead atoms. The summed E-state index contributed by atoms with van der Waals surface area (Å²) in [6, 6.07) is 2.69. The number of aliphatic hydroxyl groups excluding tert-OH is 1. The second kappa shape index (κ2) is 5.94. The summed E-state index contributed by atoms with van der Waals surface area (Å²) >= 11 is 0. The van der Waals surface area contributed by atoms with E-state index in [1.807, 2.05) is 0 Å². The summed E-state index contributed by atoms with van der Waals surface area (Å²) in [4.78, 5) is 0. The minimum atomic E-state index is -0.151. The lowest BCUT2D eigenvalue weighted by atomic mass is 9.43. The number of aliphatic hydroxyl groups is 1. The van der Waals surface area contributed by atoms with Gasteiger partial charge in [-0.05, 0) is 117 Å². The Labute approximate surface area is 161 Å². The molecule has 5 fully saturated rings. The van der Waals surface area contributed by atoms with E-state index in [0.29, 0.717) is 10.8 Å². The predicted octanol–water partition coefficient (Wildman–Crippen LogP) is 5.31. The number of nitriles is 1. The van der Waals surface area contributed by atoms with Gasteiger partial charge in [-0.1, -0.05) is 6.92 Å². The van der Waals surface area contributed by atoms with E-state index in [2.05, 4.69) is 22.2 Å². The molecule has 144 valence electrons. The minimum absolute atomic E-state index is 0.0397. The molecular formula is C23H36NOP. The van der Waals surface area contributed by atoms with E-state index in [9.17, 15) is 10.4 Å². The van der Waals surface area contributed by atoms with Crippen LogP contribution in [0.1, 0.15) is 84.0 Å². The van der Waals surface area contributed by atoms with E-state index in [-0.39, 0.29) is 11.3 Å². The molecule has 0 aliphatic heterocycles. The number of nitrogens with zero attached hydrogens (tertiary/aromatic N) is 1. The standard InChI is InChI=1S/C23H36NOP/c1-21-9-7-17(25)12-16(21)2-4-18-19(21)8-11-23-13-22(26,14-24)10-6-15(23)3-5-20(18)23/h15-20,25H,2-13,26H2,1H3/t15-,16+,17-,18?,19?,20?,21+,22?,23+/m1/s1. The molecule has 0 heterocycles. The molecule has 2 nitrogen and oxygen atoms in total. The molecule has 0 amide bonds.